The summed E-state index contributed by atoms with van der Waals surface area (Å²) in [5.41, 5.74) is 3.00. The lowest BCUT2D eigenvalue weighted by Gasteiger charge is -2.31. The Hall–Kier alpha value is -1.04. The molecule has 104 valence electrons. The number of amides is 1. The van der Waals surface area contributed by atoms with Crippen molar-refractivity contribution in [3.05, 3.63) is 33.3 Å². The molecule has 0 fully saturated rings. The molecule has 1 aliphatic heterocycles. The predicted octanol–water partition coefficient (Wildman–Crippen LogP) is 3.46. The molecule has 0 radical (unpaired) electrons. The molecule has 1 aliphatic rings. The Morgan fingerprint density at radius 2 is 2.11 bits per heavy atom. The first kappa shape index (κ1) is 14.4. The van der Waals surface area contributed by atoms with Gasteiger partial charge in [-0.05, 0) is 35.6 Å². The Bertz CT molecular complexity index is 513. The Kier molecular flexibility index (Phi) is 3.90. The zero-order valence-corrected chi connectivity index (χ0v) is 11.9. The molecule has 0 aromatic heterocycles. The Morgan fingerprint density at radius 3 is 2.68 bits per heavy atom. The number of fused-ring (bicyclic) bond motifs is 1. The molecular formula is C13H13BrF3NO. The summed E-state index contributed by atoms with van der Waals surface area (Å²) in [7, 11) is 0. The number of benzene rings is 1. The van der Waals surface area contributed by atoms with E-state index in [1.165, 1.54) is 0 Å². The Balaban J connectivity index is 2.29. The molecule has 1 heterocycles. The molecule has 0 saturated carbocycles. The summed E-state index contributed by atoms with van der Waals surface area (Å²) in [5.74, 6) is -1.75. The average Bonchev–Trinajstić information content (AvgIpc) is 2.36. The highest BCUT2D eigenvalue weighted by Gasteiger charge is 2.43. The van der Waals surface area contributed by atoms with Gasteiger partial charge in [-0.25, -0.2) is 0 Å². The van der Waals surface area contributed by atoms with Gasteiger partial charge >= 0.3 is 12.1 Å². The normalized spacial score (nSPS) is 15.3. The number of nitrogens with zero attached hydrogens (tertiary/aromatic N) is 1. The minimum absolute atomic E-state index is 0.0357. The molecule has 0 bridgehead atoms. The number of hydrogen-bond acceptors (Lipinski definition) is 1. The third-order valence-corrected chi connectivity index (χ3v) is 4.09. The highest BCUT2D eigenvalue weighted by molar-refractivity contribution is 9.10. The second kappa shape index (κ2) is 5.15. The molecule has 6 heteroatoms. The van der Waals surface area contributed by atoms with E-state index in [-0.39, 0.29) is 13.1 Å². The van der Waals surface area contributed by atoms with E-state index in [0.29, 0.717) is 6.42 Å². The number of carbonyl (C=O) groups is 1. The first-order chi connectivity index (χ1) is 8.84. The van der Waals surface area contributed by atoms with Crippen LogP contribution in [0.25, 0.3) is 0 Å². The molecule has 0 spiro atoms. The van der Waals surface area contributed by atoms with Crippen LogP contribution >= 0.6 is 15.9 Å². The van der Waals surface area contributed by atoms with Crippen LogP contribution in [0.4, 0.5) is 13.2 Å². The molecule has 19 heavy (non-hydrogen) atoms. The van der Waals surface area contributed by atoms with Crippen molar-refractivity contribution in [3.63, 3.8) is 0 Å². The van der Waals surface area contributed by atoms with Crippen molar-refractivity contribution in [2.45, 2.75) is 32.5 Å². The first-order valence-electron chi connectivity index (χ1n) is 5.99. The van der Waals surface area contributed by atoms with Gasteiger partial charge in [0.25, 0.3) is 0 Å². The standard InChI is InChI=1S/C13H13BrF3NO/c1-2-9-10-5-6-18(12(19)13(15,16)17)7-8(10)3-4-11(9)14/h3-4H,2,5-7H2,1H3. The fourth-order valence-corrected chi connectivity index (χ4v) is 3.09. The number of carbonyl (C=O) groups excluding carboxylic acids is 1. The topological polar surface area (TPSA) is 20.3 Å². The molecule has 0 N–H and O–H groups in total. The molecule has 1 amide bonds. The number of hydrogen-bond donors (Lipinski definition) is 0. The van der Waals surface area contributed by atoms with E-state index < -0.39 is 12.1 Å². The number of alkyl halides is 3. The van der Waals surface area contributed by atoms with Gasteiger partial charge in [0.2, 0.25) is 0 Å². The van der Waals surface area contributed by atoms with Crippen molar-refractivity contribution < 1.29 is 18.0 Å². The van der Waals surface area contributed by atoms with E-state index >= 15 is 0 Å². The maximum Gasteiger partial charge on any atom is 0.471 e. The molecular weight excluding hydrogens is 323 g/mol. The molecule has 2 nitrogen and oxygen atoms in total. The molecule has 2 rings (SSSR count). The summed E-state index contributed by atoms with van der Waals surface area (Å²) in [5, 5.41) is 0. The molecule has 0 atom stereocenters. The Morgan fingerprint density at radius 1 is 1.42 bits per heavy atom. The van der Waals surface area contributed by atoms with Crippen molar-refractivity contribution in [2.24, 2.45) is 0 Å². The van der Waals surface area contributed by atoms with E-state index in [9.17, 15) is 18.0 Å². The van der Waals surface area contributed by atoms with Crippen molar-refractivity contribution in [2.75, 3.05) is 6.54 Å². The number of rotatable bonds is 1. The summed E-state index contributed by atoms with van der Waals surface area (Å²) >= 11 is 3.45. The van der Waals surface area contributed by atoms with Crippen LogP contribution in [0.5, 0.6) is 0 Å². The van der Waals surface area contributed by atoms with E-state index in [1.54, 1.807) is 6.07 Å². The summed E-state index contributed by atoms with van der Waals surface area (Å²) < 4.78 is 38.2. The van der Waals surface area contributed by atoms with Crippen LogP contribution in [0, 0.1) is 0 Å². The van der Waals surface area contributed by atoms with Crippen molar-refractivity contribution in [1.29, 1.82) is 0 Å². The largest absolute Gasteiger partial charge is 0.471 e. The third kappa shape index (κ3) is 2.78. The van der Waals surface area contributed by atoms with E-state index in [2.05, 4.69) is 15.9 Å². The van der Waals surface area contributed by atoms with Gasteiger partial charge in [0.1, 0.15) is 0 Å². The van der Waals surface area contributed by atoms with Crippen molar-refractivity contribution in [3.8, 4) is 0 Å². The fourth-order valence-electron chi connectivity index (χ4n) is 2.44. The van der Waals surface area contributed by atoms with Gasteiger partial charge in [-0.3, -0.25) is 4.79 Å². The van der Waals surface area contributed by atoms with Gasteiger partial charge < -0.3 is 4.90 Å². The summed E-state index contributed by atoms with van der Waals surface area (Å²) in [6.07, 6.45) is -3.50. The summed E-state index contributed by atoms with van der Waals surface area (Å²) in [4.78, 5) is 12.1. The highest BCUT2D eigenvalue weighted by atomic mass is 79.9. The smallest absolute Gasteiger partial charge is 0.330 e. The maximum absolute atomic E-state index is 12.4. The molecule has 0 aliphatic carbocycles. The quantitative estimate of drug-likeness (QED) is 0.769. The molecule has 1 aromatic carbocycles. The zero-order chi connectivity index (χ0) is 14.2. The van der Waals surface area contributed by atoms with Gasteiger partial charge in [-0.2, -0.15) is 13.2 Å². The highest BCUT2D eigenvalue weighted by Crippen LogP contribution is 2.30. The Labute approximate surface area is 117 Å². The monoisotopic (exact) mass is 335 g/mol. The van der Waals surface area contributed by atoms with Crippen LogP contribution in [0.2, 0.25) is 0 Å². The predicted molar refractivity (Wildman–Crippen MR) is 68.7 cm³/mol. The first-order valence-corrected chi connectivity index (χ1v) is 6.79. The molecule has 1 aromatic rings. The van der Waals surface area contributed by atoms with Crippen LogP contribution in [-0.2, 0) is 24.2 Å². The van der Waals surface area contributed by atoms with Gasteiger partial charge in [0, 0.05) is 17.6 Å². The van der Waals surface area contributed by atoms with E-state index in [4.69, 9.17) is 0 Å². The lowest BCUT2D eigenvalue weighted by Crippen LogP contribution is -2.43. The lowest BCUT2D eigenvalue weighted by molar-refractivity contribution is -0.186. The minimum atomic E-state index is -4.79. The molecule has 0 saturated heterocycles. The average molecular weight is 336 g/mol. The second-order valence-electron chi connectivity index (χ2n) is 4.49. The van der Waals surface area contributed by atoms with Crippen molar-refractivity contribution >= 4 is 21.8 Å². The van der Waals surface area contributed by atoms with Gasteiger partial charge in [0.05, 0.1) is 0 Å². The van der Waals surface area contributed by atoms with Gasteiger partial charge in [0.15, 0.2) is 0 Å². The number of halogens is 4. The molecule has 0 unspecified atom stereocenters. The van der Waals surface area contributed by atoms with Crippen LogP contribution in [-0.4, -0.2) is 23.5 Å². The van der Waals surface area contributed by atoms with Crippen LogP contribution in [0.1, 0.15) is 23.6 Å². The SMILES string of the molecule is CCc1c(Br)ccc2c1CCN(C(=O)C(F)(F)F)C2. The van der Waals surface area contributed by atoms with Gasteiger partial charge in [-0.15, -0.1) is 0 Å². The second-order valence-corrected chi connectivity index (χ2v) is 5.35. The summed E-state index contributed by atoms with van der Waals surface area (Å²) in [6, 6.07) is 3.62. The van der Waals surface area contributed by atoms with Crippen molar-refractivity contribution in [1.82, 2.24) is 4.90 Å². The lowest BCUT2D eigenvalue weighted by atomic mass is 9.93. The third-order valence-electron chi connectivity index (χ3n) is 3.35. The van der Waals surface area contributed by atoms with Crippen LogP contribution in [0.15, 0.2) is 16.6 Å². The van der Waals surface area contributed by atoms with Crippen LogP contribution < -0.4 is 0 Å². The van der Waals surface area contributed by atoms with Gasteiger partial charge in [-0.1, -0.05) is 28.9 Å². The van der Waals surface area contributed by atoms with E-state index in [0.717, 1.165) is 32.5 Å². The maximum atomic E-state index is 12.4. The zero-order valence-electron chi connectivity index (χ0n) is 10.4. The summed E-state index contributed by atoms with van der Waals surface area (Å²) in [6.45, 7) is 2.16. The van der Waals surface area contributed by atoms with Crippen LogP contribution in [0.3, 0.4) is 0 Å². The fraction of sp³-hybridized carbons (Fsp3) is 0.462. The van der Waals surface area contributed by atoms with E-state index in [1.807, 2.05) is 13.0 Å². The minimum Gasteiger partial charge on any atom is -0.330 e.